The predicted octanol–water partition coefficient (Wildman–Crippen LogP) is 3.83. The van der Waals surface area contributed by atoms with Crippen LogP contribution in [0.25, 0.3) is 0 Å². The van der Waals surface area contributed by atoms with E-state index >= 15 is 0 Å². The van der Waals surface area contributed by atoms with E-state index in [4.69, 9.17) is 4.74 Å². The van der Waals surface area contributed by atoms with Crippen LogP contribution in [0.5, 0.6) is 5.75 Å². The van der Waals surface area contributed by atoms with Crippen LogP contribution in [0.2, 0.25) is 0 Å². The number of anilines is 2. The van der Waals surface area contributed by atoms with Gasteiger partial charge in [-0.15, -0.1) is 0 Å². The zero-order valence-electron chi connectivity index (χ0n) is 13.5. The second kappa shape index (κ2) is 7.81. The van der Waals surface area contributed by atoms with Crippen LogP contribution in [0, 0.1) is 5.82 Å². The normalized spacial score (nSPS) is 14.0. The van der Waals surface area contributed by atoms with Crippen molar-refractivity contribution in [2.45, 2.75) is 19.3 Å². The number of halogens is 1. The van der Waals surface area contributed by atoms with E-state index in [1.165, 1.54) is 12.1 Å². The number of nitrogens with one attached hydrogen (secondary N) is 1. The number of carbonyl (C=O) groups is 1. The summed E-state index contributed by atoms with van der Waals surface area (Å²) in [6, 6.07) is 14.0. The van der Waals surface area contributed by atoms with E-state index in [1.807, 2.05) is 29.2 Å². The highest BCUT2D eigenvalue weighted by Gasteiger charge is 2.21. The van der Waals surface area contributed by atoms with Gasteiger partial charge in [0.1, 0.15) is 11.6 Å². The number of nitrogens with zero attached hydrogens (tertiary/aromatic N) is 1. The third-order valence-corrected chi connectivity index (χ3v) is 3.98. The van der Waals surface area contributed by atoms with Gasteiger partial charge in [-0.25, -0.2) is 4.39 Å². The van der Waals surface area contributed by atoms with Gasteiger partial charge in [0.25, 0.3) is 0 Å². The van der Waals surface area contributed by atoms with Crippen molar-refractivity contribution in [1.82, 2.24) is 0 Å². The zero-order valence-corrected chi connectivity index (χ0v) is 13.5. The standard InChI is InChI=1S/C19H21FN2O2/c20-15-4-10-18(11-5-15)24-14-2-12-21-16-6-8-17(9-7-16)22-13-1-3-19(22)23/h4-11,21H,1-3,12-14H2. The number of ether oxygens (including phenoxy) is 1. The summed E-state index contributed by atoms with van der Waals surface area (Å²) in [5, 5.41) is 3.33. The van der Waals surface area contributed by atoms with E-state index in [2.05, 4.69) is 5.32 Å². The molecule has 0 unspecified atom stereocenters. The van der Waals surface area contributed by atoms with Crippen LogP contribution < -0.4 is 15.0 Å². The molecule has 2 aromatic carbocycles. The minimum absolute atomic E-state index is 0.202. The van der Waals surface area contributed by atoms with Crippen molar-refractivity contribution in [2.24, 2.45) is 0 Å². The van der Waals surface area contributed by atoms with Gasteiger partial charge in [-0.1, -0.05) is 0 Å². The van der Waals surface area contributed by atoms with E-state index in [9.17, 15) is 9.18 Å². The van der Waals surface area contributed by atoms with Gasteiger partial charge in [-0.2, -0.15) is 0 Å². The van der Waals surface area contributed by atoms with Crippen LogP contribution in [0.15, 0.2) is 48.5 Å². The molecule has 0 radical (unpaired) electrons. The van der Waals surface area contributed by atoms with Gasteiger partial charge in [-0.3, -0.25) is 4.79 Å². The smallest absolute Gasteiger partial charge is 0.227 e. The van der Waals surface area contributed by atoms with Crippen LogP contribution in [0.3, 0.4) is 0 Å². The van der Waals surface area contributed by atoms with Crippen molar-refractivity contribution in [3.63, 3.8) is 0 Å². The monoisotopic (exact) mass is 328 g/mol. The van der Waals surface area contributed by atoms with Crippen LogP contribution in [0.1, 0.15) is 19.3 Å². The first-order valence-electron chi connectivity index (χ1n) is 8.25. The molecule has 1 aliphatic rings. The Hall–Kier alpha value is -2.56. The minimum atomic E-state index is -0.261. The Morgan fingerprint density at radius 1 is 1.08 bits per heavy atom. The molecule has 0 spiro atoms. The van der Waals surface area contributed by atoms with Crippen molar-refractivity contribution in [3.8, 4) is 5.75 Å². The molecule has 0 aromatic heterocycles. The Morgan fingerprint density at radius 2 is 1.83 bits per heavy atom. The lowest BCUT2D eigenvalue weighted by atomic mass is 10.2. The number of amides is 1. The van der Waals surface area contributed by atoms with E-state index in [0.717, 1.165) is 37.3 Å². The molecule has 2 aromatic rings. The molecule has 3 rings (SSSR count). The SMILES string of the molecule is O=C1CCCN1c1ccc(NCCCOc2ccc(F)cc2)cc1. The van der Waals surface area contributed by atoms with Gasteiger partial charge in [0.2, 0.25) is 5.91 Å². The van der Waals surface area contributed by atoms with Crippen molar-refractivity contribution in [1.29, 1.82) is 0 Å². The molecule has 4 nitrogen and oxygen atoms in total. The van der Waals surface area contributed by atoms with Gasteiger partial charge in [0.15, 0.2) is 0 Å². The number of carbonyl (C=O) groups excluding carboxylic acids is 1. The average molecular weight is 328 g/mol. The van der Waals surface area contributed by atoms with Crippen LogP contribution in [0.4, 0.5) is 15.8 Å². The molecular formula is C19H21FN2O2. The Balaban J connectivity index is 1.39. The molecule has 1 saturated heterocycles. The maximum absolute atomic E-state index is 12.8. The summed E-state index contributed by atoms with van der Waals surface area (Å²) in [7, 11) is 0. The summed E-state index contributed by atoms with van der Waals surface area (Å²) in [4.78, 5) is 13.5. The highest BCUT2D eigenvalue weighted by Crippen LogP contribution is 2.23. The maximum Gasteiger partial charge on any atom is 0.227 e. The van der Waals surface area contributed by atoms with Gasteiger partial charge >= 0.3 is 0 Å². The number of hydrogen-bond donors (Lipinski definition) is 1. The third kappa shape index (κ3) is 4.25. The zero-order chi connectivity index (χ0) is 16.8. The number of rotatable bonds is 7. The lowest BCUT2D eigenvalue weighted by molar-refractivity contribution is -0.117. The summed E-state index contributed by atoms with van der Waals surface area (Å²) in [6.45, 7) is 2.16. The third-order valence-electron chi connectivity index (χ3n) is 3.98. The van der Waals surface area contributed by atoms with E-state index < -0.39 is 0 Å². The number of hydrogen-bond acceptors (Lipinski definition) is 3. The maximum atomic E-state index is 12.8. The fourth-order valence-electron chi connectivity index (χ4n) is 2.71. The summed E-state index contributed by atoms with van der Waals surface area (Å²) >= 11 is 0. The predicted molar refractivity (Wildman–Crippen MR) is 93.0 cm³/mol. The van der Waals surface area contributed by atoms with E-state index in [0.29, 0.717) is 18.8 Å². The molecule has 1 N–H and O–H groups in total. The van der Waals surface area contributed by atoms with Crippen molar-refractivity contribution in [3.05, 3.63) is 54.3 Å². The van der Waals surface area contributed by atoms with Crippen molar-refractivity contribution in [2.75, 3.05) is 29.9 Å². The fourth-order valence-corrected chi connectivity index (χ4v) is 2.71. The summed E-state index contributed by atoms with van der Waals surface area (Å²) in [6.07, 6.45) is 2.42. The van der Waals surface area contributed by atoms with Crippen LogP contribution in [-0.4, -0.2) is 25.6 Å². The van der Waals surface area contributed by atoms with Crippen LogP contribution in [-0.2, 0) is 4.79 Å². The lowest BCUT2D eigenvalue weighted by Gasteiger charge is -2.16. The molecule has 0 aliphatic carbocycles. The number of benzene rings is 2. The highest BCUT2D eigenvalue weighted by atomic mass is 19.1. The molecular weight excluding hydrogens is 307 g/mol. The molecule has 1 heterocycles. The van der Waals surface area contributed by atoms with Gasteiger partial charge in [0, 0.05) is 30.9 Å². The molecule has 24 heavy (non-hydrogen) atoms. The highest BCUT2D eigenvalue weighted by molar-refractivity contribution is 5.95. The quantitative estimate of drug-likeness (QED) is 0.785. The fraction of sp³-hybridized carbons (Fsp3) is 0.316. The Labute approximate surface area is 141 Å². The lowest BCUT2D eigenvalue weighted by Crippen LogP contribution is -2.23. The Morgan fingerprint density at radius 3 is 2.50 bits per heavy atom. The molecule has 0 bridgehead atoms. The molecule has 1 fully saturated rings. The van der Waals surface area contributed by atoms with E-state index in [-0.39, 0.29) is 11.7 Å². The van der Waals surface area contributed by atoms with Gasteiger partial charge in [0.05, 0.1) is 6.61 Å². The minimum Gasteiger partial charge on any atom is -0.494 e. The summed E-state index contributed by atoms with van der Waals surface area (Å²) in [5.41, 5.74) is 1.98. The topological polar surface area (TPSA) is 41.6 Å². The van der Waals surface area contributed by atoms with Crippen molar-refractivity contribution >= 4 is 17.3 Å². The first kappa shape index (κ1) is 16.3. The largest absolute Gasteiger partial charge is 0.494 e. The second-order valence-electron chi connectivity index (χ2n) is 5.78. The molecule has 126 valence electrons. The van der Waals surface area contributed by atoms with Crippen LogP contribution >= 0.6 is 0 Å². The van der Waals surface area contributed by atoms with Gasteiger partial charge < -0.3 is 15.0 Å². The molecule has 1 aliphatic heterocycles. The first-order valence-corrected chi connectivity index (χ1v) is 8.25. The van der Waals surface area contributed by atoms with E-state index in [1.54, 1.807) is 12.1 Å². The Kier molecular flexibility index (Phi) is 5.31. The second-order valence-corrected chi connectivity index (χ2v) is 5.78. The molecule has 0 saturated carbocycles. The summed E-state index contributed by atoms with van der Waals surface area (Å²) in [5.74, 6) is 0.618. The molecule has 1 amide bonds. The van der Waals surface area contributed by atoms with Crippen molar-refractivity contribution < 1.29 is 13.9 Å². The summed E-state index contributed by atoms with van der Waals surface area (Å²) < 4.78 is 18.3. The average Bonchev–Trinajstić information content (AvgIpc) is 3.03. The molecule has 5 heteroatoms. The first-order chi connectivity index (χ1) is 11.7. The molecule has 0 atom stereocenters. The Bertz CT molecular complexity index is 671. The van der Waals surface area contributed by atoms with Gasteiger partial charge in [-0.05, 0) is 61.4 Å².